The van der Waals surface area contributed by atoms with Crippen molar-refractivity contribution < 1.29 is 9.59 Å². The summed E-state index contributed by atoms with van der Waals surface area (Å²) in [6, 6.07) is 6.46. The van der Waals surface area contributed by atoms with Crippen LogP contribution in [0.2, 0.25) is 0 Å². The fourth-order valence-corrected chi connectivity index (χ4v) is 1.38. The molecule has 1 aromatic carbocycles. The number of hydrogen-bond donors (Lipinski definition) is 3. The van der Waals surface area contributed by atoms with E-state index in [9.17, 15) is 9.59 Å². The summed E-state index contributed by atoms with van der Waals surface area (Å²) in [7, 11) is 0. The molecule has 1 rings (SSSR count). The Hall–Kier alpha value is -1.88. The van der Waals surface area contributed by atoms with Crippen LogP contribution in [0.15, 0.2) is 24.3 Å². The van der Waals surface area contributed by atoms with Crippen molar-refractivity contribution in [2.75, 3.05) is 10.6 Å². The van der Waals surface area contributed by atoms with Gasteiger partial charge >= 0.3 is 0 Å². The van der Waals surface area contributed by atoms with Crippen LogP contribution in [0.25, 0.3) is 0 Å². The Labute approximate surface area is 119 Å². The van der Waals surface area contributed by atoms with Gasteiger partial charge in [-0.05, 0) is 30.7 Å². The van der Waals surface area contributed by atoms with E-state index in [0.29, 0.717) is 17.8 Å². The molecular weight excluding hydrogens is 254 g/mol. The first kappa shape index (κ1) is 16.2. The first-order chi connectivity index (χ1) is 9.24. The van der Waals surface area contributed by atoms with Crippen LogP contribution in [0.3, 0.4) is 0 Å². The average Bonchev–Trinajstić information content (AvgIpc) is 2.38. The minimum absolute atomic E-state index is 0.0534. The molecule has 5 heteroatoms. The number of hydrogen-bond acceptors (Lipinski definition) is 3. The van der Waals surface area contributed by atoms with E-state index in [1.165, 1.54) is 0 Å². The van der Waals surface area contributed by atoms with Crippen LogP contribution < -0.4 is 16.4 Å². The highest BCUT2D eigenvalue weighted by atomic mass is 16.2. The monoisotopic (exact) mass is 277 g/mol. The summed E-state index contributed by atoms with van der Waals surface area (Å²) in [5.41, 5.74) is 6.55. The highest BCUT2D eigenvalue weighted by Crippen LogP contribution is 2.19. The Morgan fingerprint density at radius 1 is 1.10 bits per heavy atom. The van der Waals surface area contributed by atoms with Crippen molar-refractivity contribution in [3.05, 3.63) is 24.3 Å². The second-order valence-electron chi connectivity index (χ2n) is 5.79. The molecule has 1 aromatic rings. The van der Waals surface area contributed by atoms with Crippen molar-refractivity contribution in [3.8, 4) is 0 Å². The first-order valence-corrected chi connectivity index (χ1v) is 6.72. The van der Waals surface area contributed by atoms with E-state index >= 15 is 0 Å². The van der Waals surface area contributed by atoms with Crippen LogP contribution in [0.4, 0.5) is 11.4 Å². The Morgan fingerprint density at radius 3 is 1.95 bits per heavy atom. The van der Waals surface area contributed by atoms with Crippen molar-refractivity contribution in [1.82, 2.24) is 0 Å². The zero-order valence-corrected chi connectivity index (χ0v) is 12.5. The Bertz CT molecular complexity index is 475. The van der Waals surface area contributed by atoms with E-state index in [0.717, 1.165) is 0 Å². The maximum atomic E-state index is 11.8. The Kier molecular flexibility index (Phi) is 5.27. The van der Waals surface area contributed by atoms with Crippen molar-refractivity contribution in [2.45, 2.75) is 40.2 Å². The van der Waals surface area contributed by atoms with Crippen molar-refractivity contribution in [3.63, 3.8) is 0 Å². The van der Waals surface area contributed by atoms with Crippen LogP contribution in [-0.4, -0.2) is 17.9 Å². The molecular formula is C15H23N3O2. The van der Waals surface area contributed by atoms with Gasteiger partial charge in [0.15, 0.2) is 0 Å². The molecule has 0 heterocycles. The lowest BCUT2D eigenvalue weighted by Crippen LogP contribution is -2.34. The standard InChI is InChI=1S/C15H23N3O2/c1-5-12(16)13(19)17-10-6-8-11(9-7-10)18-14(20)15(2,3)4/h6-9,12H,5,16H2,1-4H3,(H,17,19)(H,18,20). The van der Waals surface area contributed by atoms with Crippen LogP contribution in [0, 0.1) is 5.41 Å². The molecule has 2 amide bonds. The number of nitrogens with two attached hydrogens (primary N) is 1. The van der Waals surface area contributed by atoms with Crippen LogP contribution in [0.5, 0.6) is 0 Å². The lowest BCUT2D eigenvalue weighted by Gasteiger charge is -2.18. The molecule has 0 saturated heterocycles. The largest absolute Gasteiger partial charge is 0.326 e. The molecule has 0 aliphatic carbocycles. The molecule has 5 nitrogen and oxygen atoms in total. The molecule has 0 saturated carbocycles. The number of anilines is 2. The van der Waals surface area contributed by atoms with E-state index in [-0.39, 0.29) is 11.8 Å². The van der Waals surface area contributed by atoms with Gasteiger partial charge in [-0.25, -0.2) is 0 Å². The lowest BCUT2D eigenvalue weighted by atomic mass is 9.95. The number of amides is 2. The Morgan fingerprint density at radius 2 is 1.55 bits per heavy atom. The zero-order valence-electron chi connectivity index (χ0n) is 12.5. The quantitative estimate of drug-likeness (QED) is 0.789. The van der Waals surface area contributed by atoms with Gasteiger partial charge in [-0.3, -0.25) is 9.59 Å². The van der Waals surface area contributed by atoms with Gasteiger partial charge in [-0.2, -0.15) is 0 Å². The summed E-state index contributed by atoms with van der Waals surface area (Å²) in [5, 5.41) is 5.55. The molecule has 0 fully saturated rings. The highest BCUT2D eigenvalue weighted by Gasteiger charge is 2.21. The molecule has 1 unspecified atom stereocenters. The predicted molar refractivity (Wildman–Crippen MR) is 81.4 cm³/mol. The molecule has 0 aliphatic rings. The van der Waals surface area contributed by atoms with Crippen molar-refractivity contribution >= 4 is 23.2 Å². The molecule has 0 bridgehead atoms. The minimum atomic E-state index is -0.504. The number of carbonyl (C=O) groups excluding carboxylic acids is 2. The van der Waals surface area contributed by atoms with Crippen LogP contribution in [-0.2, 0) is 9.59 Å². The van der Waals surface area contributed by atoms with E-state index in [1.807, 2.05) is 27.7 Å². The van der Waals surface area contributed by atoms with E-state index in [1.54, 1.807) is 24.3 Å². The second-order valence-corrected chi connectivity index (χ2v) is 5.79. The van der Waals surface area contributed by atoms with Gasteiger partial charge in [-0.1, -0.05) is 27.7 Å². The van der Waals surface area contributed by atoms with E-state index < -0.39 is 11.5 Å². The highest BCUT2D eigenvalue weighted by molar-refractivity contribution is 5.96. The molecule has 0 radical (unpaired) electrons. The van der Waals surface area contributed by atoms with Crippen LogP contribution in [0.1, 0.15) is 34.1 Å². The Balaban J connectivity index is 2.65. The summed E-state index contributed by atoms with van der Waals surface area (Å²) in [4.78, 5) is 23.5. The third-order valence-corrected chi connectivity index (χ3v) is 2.87. The second kappa shape index (κ2) is 6.52. The van der Waals surface area contributed by atoms with Gasteiger partial charge in [0.25, 0.3) is 0 Å². The minimum Gasteiger partial charge on any atom is -0.326 e. The van der Waals surface area contributed by atoms with Gasteiger partial charge in [0.05, 0.1) is 6.04 Å². The molecule has 0 aromatic heterocycles. The number of nitrogens with one attached hydrogen (secondary N) is 2. The van der Waals surface area contributed by atoms with Gasteiger partial charge in [0, 0.05) is 16.8 Å². The lowest BCUT2D eigenvalue weighted by molar-refractivity contribution is -0.123. The number of benzene rings is 1. The van der Waals surface area contributed by atoms with Gasteiger partial charge in [0.2, 0.25) is 11.8 Å². The molecule has 0 spiro atoms. The van der Waals surface area contributed by atoms with Gasteiger partial charge in [0.1, 0.15) is 0 Å². The van der Waals surface area contributed by atoms with Crippen LogP contribution >= 0.6 is 0 Å². The van der Waals surface area contributed by atoms with Gasteiger partial charge in [-0.15, -0.1) is 0 Å². The predicted octanol–water partition coefficient (Wildman–Crippen LogP) is 2.35. The molecule has 20 heavy (non-hydrogen) atoms. The third kappa shape index (κ3) is 4.66. The van der Waals surface area contributed by atoms with E-state index in [2.05, 4.69) is 10.6 Å². The first-order valence-electron chi connectivity index (χ1n) is 6.72. The van der Waals surface area contributed by atoms with Gasteiger partial charge < -0.3 is 16.4 Å². The summed E-state index contributed by atoms with van der Waals surface area (Å²) in [6.07, 6.45) is 0.589. The smallest absolute Gasteiger partial charge is 0.241 e. The molecule has 4 N–H and O–H groups in total. The topological polar surface area (TPSA) is 84.2 Å². The molecule has 1 atom stereocenters. The number of rotatable bonds is 4. The summed E-state index contributed by atoms with van der Waals surface area (Å²) in [5.74, 6) is -0.263. The average molecular weight is 277 g/mol. The summed E-state index contributed by atoms with van der Waals surface area (Å²) in [6.45, 7) is 7.41. The summed E-state index contributed by atoms with van der Waals surface area (Å²) < 4.78 is 0. The summed E-state index contributed by atoms with van der Waals surface area (Å²) >= 11 is 0. The number of carbonyl (C=O) groups is 2. The third-order valence-electron chi connectivity index (χ3n) is 2.87. The fourth-order valence-electron chi connectivity index (χ4n) is 1.38. The maximum absolute atomic E-state index is 11.8. The van der Waals surface area contributed by atoms with Crippen molar-refractivity contribution in [2.24, 2.45) is 11.1 Å². The van der Waals surface area contributed by atoms with E-state index in [4.69, 9.17) is 5.73 Å². The zero-order chi connectivity index (χ0) is 15.3. The maximum Gasteiger partial charge on any atom is 0.241 e. The normalized spacial score (nSPS) is 12.7. The van der Waals surface area contributed by atoms with Crippen molar-refractivity contribution in [1.29, 1.82) is 0 Å². The SMILES string of the molecule is CCC(N)C(=O)Nc1ccc(NC(=O)C(C)(C)C)cc1. The fraction of sp³-hybridized carbons (Fsp3) is 0.467. The molecule has 0 aliphatic heterocycles. The molecule has 110 valence electrons.